The molecule has 0 bridgehead atoms. The zero-order chi connectivity index (χ0) is 24.7. The van der Waals surface area contributed by atoms with Crippen molar-refractivity contribution >= 4 is 26.7 Å². The van der Waals surface area contributed by atoms with Gasteiger partial charge >= 0.3 is 0 Å². The number of rotatable bonds is 7. The largest absolute Gasteiger partial charge is 0.490 e. The van der Waals surface area contributed by atoms with Gasteiger partial charge in [0.15, 0.2) is 26.8 Å². The van der Waals surface area contributed by atoms with Crippen LogP contribution in [-0.4, -0.2) is 50.0 Å². The molecule has 0 unspecified atom stereocenters. The van der Waals surface area contributed by atoms with E-state index in [1.165, 1.54) is 4.90 Å². The monoisotopic (exact) mass is 495 g/mol. The Hall–Kier alpha value is -3.59. The Labute approximate surface area is 202 Å². The molecule has 8 nitrogen and oxygen atoms in total. The molecule has 0 aliphatic carbocycles. The van der Waals surface area contributed by atoms with Gasteiger partial charge in [-0.2, -0.15) is 0 Å². The number of benzene rings is 2. The van der Waals surface area contributed by atoms with Crippen LogP contribution in [0.5, 0.6) is 11.5 Å². The second kappa shape index (κ2) is 8.88. The van der Waals surface area contributed by atoms with Crippen molar-refractivity contribution < 1.29 is 27.1 Å². The molecule has 2 aromatic carbocycles. The van der Waals surface area contributed by atoms with Crippen LogP contribution < -0.4 is 14.9 Å². The molecular weight excluding hydrogens is 470 g/mol. The number of fused-ring (bicyclic) bond motifs is 2. The first-order chi connectivity index (χ1) is 16.8. The van der Waals surface area contributed by atoms with Gasteiger partial charge in [0, 0.05) is 6.04 Å². The lowest BCUT2D eigenvalue weighted by molar-refractivity contribution is 0.0662. The van der Waals surface area contributed by atoms with Crippen LogP contribution >= 0.6 is 0 Å². The molecule has 2 aliphatic rings. The predicted molar refractivity (Wildman–Crippen MR) is 131 cm³/mol. The number of hydrogen-bond acceptors (Lipinski definition) is 7. The zero-order valence-electron chi connectivity index (χ0n) is 19.2. The van der Waals surface area contributed by atoms with Crippen molar-refractivity contribution in [2.75, 3.05) is 24.7 Å². The van der Waals surface area contributed by atoms with Crippen molar-refractivity contribution in [3.05, 3.63) is 82.2 Å². The molecule has 182 valence electrons. The Morgan fingerprint density at radius 2 is 1.94 bits per heavy atom. The van der Waals surface area contributed by atoms with Crippen LogP contribution in [0, 0.1) is 0 Å². The molecule has 0 spiro atoms. The van der Waals surface area contributed by atoms with E-state index in [2.05, 4.69) is 6.58 Å². The van der Waals surface area contributed by atoms with Gasteiger partial charge in [-0.25, -0.2) is 8.42 Å². The van der Waals surface area contributed by atoms with Gasteiger partial charge in [0.05, 0.1) is 35.1 Å². The first-order valence-corrected chi connectivity index (χ1v) is 13.3. The predicted octanol–water partition coefficient (Wildman–Crippen LogP) is 3.49. The number of sulfone groups is 1. The highest BCUT2D eigenvalue weighted by Gasteiger charge is 2.48. The van der Waals surface area contributed by atoms with E-state index in [0.29, 0.717) is 41.1 Å². The lowest BCUT2D eigenvalue weighted by atomic mass is 9.97. The summed E-state index contributed by atoms with van der Waals surface area (Å²) in [6.45, 7) is 6.17. The Bertz CT molecular complexity index is 1490. The second-order valence-electron chi connectivity index (χ2n) is 8.58. The van der Waals surface area contributed by atoms with Gasteiger partial charge in [-0.3, -0.25) is 9.59 Å². The molecule has 0 radical (unpaired) electrons. The molecule has 3 aromatic rings. The number of para-hydroxylation sites is 1. The zero-order valence-corrected chi connectivity index (χ0v) is 20.0. The van der Waals surface area contributed by atoms with E-state index in [4.69, 9.17) is 13.9 Å². The minimum Gasteiger partial charge on any atom is -0.490 e. The van der Waals surface area contributed by atoms with Crippen LogP contribution in [-0.2, 0) is 9.84 Å². The Balaban J connectivity index is 1.71. The van der Waals surface area contributed by atoms with Gasteiger partial charge < -0.3 is 18.8 Å². The number of carbonyl (C=O) groups excluding carboxylic acids is 1. The van der Waals surface area contributed by atoms with E-state index in [0.717, 1.165) is 0 Å². The summed E-state index contributed by atoms with van der Waals surface area (Å²) in [6.07, 6.45) is 1.92. The highest BCUT2D eigenvalue weighted by molar-refractivity contribution is 7.91. The summed E-state index contributed by atoms with van der Waals surface area (Å²) in [5.74, 6) is 0.257. The van der Waals surface area contributed by atoms with Crippen molar-refractivity contribution in [1.29, 1.82) is 0 Å². The fraction of sp³-hybridized carbons (Fsp3) is 0.308. The molecule has 3 heterocycles. The Morgan fingerprint density at radius 3 is 2.66 bits per heavy atom. The molecule has 1 amide bonds. The van der Waals surface area contributed by atoms with Gasteiger partial charge in [-0.15, -0.1) is 0 Å². The van der Waals surface area contributed by atoms with Gasteiger partial charge in [0.2, 0.25) is 5.76 Å². The van der Waals surface area contributed by atoms with Gasteiger partial charge in [-0.05, 0) is 43.2 Å². The summed E-state index contributed by atoms with van der Waals surface area (Å²) in [7, 11) is -3.29. The van der Waals surface area contributed by atoms with E-state index >= 15 is 0 Å². The summed E-state index contributed by atoms with van der Waals surface area (Å²) in [5, 5.41) is 0.362. The van der Waals surface area contributed by atoms with Gasteiger partial charge in [0.1, 0.15) is 12.2 Å². The maximum Gasteiger partial charge on any atom is 0.291 e. The smallest absolute Gasteiger partial charge is 0.291 e. The molecule has 35 heavy (non-hydrogen) atoms. The number of carbonyl (C=O) groups is 1. The fourth-order valence-corrected chi connectivity index (χ4v) is 6.58. The van der Waals surface area contributed by atoms with Crippen molar-refractivity contribution in [2.45, 2.75) is 25.4 Å². The summed E-state index contributed by atoms with van der Waals surface area (Å²) in [4.78, 5) is 28.8. The van der Waals surface area contributed by atoms with Crippen molar-refractivity contribution in [3.63, 3.8) is 0 Å². The van der Waals surface area contributed by atoms with E-state index in [9.17, 15) is 18.0 Å². The second-order valence-corrected chi connectivity index (χ2v) is 10.8. The number of hydrogen-bond donors (Lipinski definition) is 0. The van der Waals surface area contributed by atoms with Crippen LogP contribution in [0.1, 0.15) is 41.1 Å². The molecule has 1 saturated heterocycles. The third kappa shape index (κ3) is 3.99. The van der Waals surface area contributed by atoms with Crippen molar-refractivity contribution in [1.82, 2.24) is 4.90 Å². The number of amides is 1. The van der Waals surface area contributed by atoms with Crippen molar-refractivity contribution in [3.8, 4) is 11.5 Å². The van der Waals surface area contributed by atoms with Gasteiger partial charge in [0.25, 0.3) is 5.91 Å². The summed E-state index contributed by atoms with van der Waals surface area (Å²) < 4.78 is 42.0. The molecular formula is C26H25NO7S. The SMILES string of the molecule is C=CCOc1ccc([C@H]2c3c(oc4ccccc4c3=O)C(=O)N2[C@@H]2CCS(=O)(=O)C2)cc1OCC. The van der Waals surface area contributed by atoms with Crippen LogP contribution in [0.4, 0.5) is 0 Å². The Morgan fingerprint density at radius 1 is 1.14 bits per heavy atom. The lowest BCUT2D eigenvalue weighted by Gasteiger charge is -2.30. The average molecular weight is 496 g/mol. The maximum absolute atomic E-state index is 13.6. The lowest BCUT2D eigenvalue weighted by Crippen LogP contribution is -2.40. The standard InChI is InChI=1S/C26H25NO7S/c1-3-12-33-20-10-9-16(14-21(20)32-4-2)23-22-24(28)18-7-5-6-8-19(18)34-25(22)26(29)27(23)17-11-13-35(30,31)15-17/h3,5-10,14,17,23H,1,4,11-13,15H2,2H3/t17-,23+/m1/s1. The quantitative estimate of drug-likeness (QED) is 0.462. The molecule has 5 rings (SSSR count). The van der Waals surface area contributed by atoms with E-state index in [1.54, 1.807) is 48.5 Å². The number of ether oxygens (including phenoxy) is 2. The molecule has 1 fully saturated rings. The minimum absolute atomic E-state index is 0.00755. The fourth-order valence-electron chi connectivity index (χ4n) is 4.87. The van der Waals surface area contributed by atoms with E-state index < -0.39 is 27.8 Å². The summed E-state index contributed by atoms with van der Waals surface area (Å²) in [6, 6.07) is 10.6. The molecule has 0 saturated carbocycles. The first kappa shape index (κ1) is 23.2. The minimum atomic E-state index is -3.29. The van der Waals surface area contributed by atoms with E-state index in [1.807, 2.05) is 6.92 Å². The van der Waals surface area contributed by atoms with E-state index in [-0.39, 0.29) is 34.9 Å². The number of nitrogens with zero attached hydrogens (tertiary/aromatic N) is 1. The van der Waals surface area contributed by atoms with Crippen LogP contribution in [0.25, 0.3) is 11.0 Å². The highest BCUT2D eigenvalue weighted by Crippen LogP contribution is 2.43. The van der Waals surface area contributed by atoms with Crippen LogP contribution in [0.2, 0.25) is 0 Å². The average Bonchev–Trinajstić information content (AvgIpc) is 3.35. The molecule has 1 aromatic heterocycles. The third-order valence-electron chi connectivity index (χ3n) is 6.36. The maximum atomic E-state index is 13.6. The molecule has 2 aliphatic heterocycles. The topological polar surface area (TPSA) is 103 Å². The molecule has 0 N–H and O–H groups in total. The van der Waals surface area contributed by atoms with Crippen molar-refractivity contribution in [2.24, 2.45) is 0 Å². The Kier molecular flexibility index (Phi) is 5.88. The third-order valence-corrected chi connectivity index (χ3v) is 8.11. The highest BCUT2D eigenvalue weighted by atomic mass is 32.2. The summed E-state index contributed by atoms with van der Waals surface area (Å²) in [5.41, 5.74) is 0.819. The normalized spacial score (nSPS) is 20.7. The molecule has 9 heteroatoms. The molecule has 2 atom stereocenters. The summed E-state index contributed by atoms with van der Waals surface area (Å²) >= 11 is 0. The first-order valence-electron chi connectivity index (χ1n) is 11.4. The van der Waals surface area contributed by atoms with Crippen LogP contribution in [0.15, 0.2) is 64.3 Å². The van der Waals surface area contributed by atoms with Gasteiger partial charge in [-0.1, -0.05) is 30.9 Å². The van der Waals surface area contributed by atoms with Crippen LogP contribution in [0.3, 0.4) is 0 Å².